The van der Waals surface area contributed by atoms with Crippen LogP contribution in [0, 0.1) is 22.0 Å². The fourth-order valence-corrected chi connectivity index (χ4v) is 2.57. The molecule has 1 aliphatic carbocycles. The Kier molecular flexibility index (Phi) is 7.97. The Morgan fingerprint density at radius 1 is 1.36 bits per heavy atom. The van der Waals surface area contributed by atoms with Crippen molar-refractivity contribution in [3.8, 4) is 11.8 Å². The van der Waals surface area contributed by atoms with Gasteiger partial charge in [0.05, 0.1) is 0 Å². The first kappa shape index (κ1) is 20.9. The number of hydrogen-bond acceptors (Lipinski definition) is 6. The molecule has 0 spiro atoms. The van der Waals surface area contributed by atoms with Crippen LogP contribution in [0.5, 0.6) is 0 Å². The third-order valence-electron chi connectivity index (χ3n) is 3.99. The van der Waals surface area contributed by atoms with Crippen LogP contribution in [0.4, 0.5) is 0 Å². The molecule has 0 fully saturated rings. The number of ether oxygens (including phenoxy) is 2. The normalized spacial score (nSPS) is 17.0. The van der Waals surface area contributed by atoms with Crippen molar-refractivity contribution >= 4 is 11.9 Å². The van der Waals surface area contributed by atoms with Crippen molar-refractivity contribution in [2.24, 2.45) is 0 Å². The smallest absolute Gasteiger partial charge is 0.384 e. The van der Waals surface area contributed by atoms with Gasteiger partial charge in [0, 0.05) is 29.8 Å². The number of carbonyl (C=O) groups is 2. The molecule has 146 valence electrons. The Hall–Kier alpha value is -3.40. The van der Waals surface area contributed by atoms with Crippen LogP contribution in [0.15, 0.2) is 54.1 Å². The van der Waals surface area contributed by atoms with E-state index in [0.717, 1.165) is 11.1 Å². The Labute approximate surface area is 163 Å². The molecule has 1 unspecified atom stereocenters. The Morgan fingerprint density at radius 3 is 2.82 bits per heavy atom. The number of allylic oxidation sites excluding steroid dienone is 2. The summed E-state index contributed by atoms with van der Waals surface area (Å²) >= 11 is 0. The number of nitrogens with zero attached hydrogens (tertiary/aromatic N) is 1. The third-order valence-corrected chi connectivity index (χ3v) is 3.99. The van der Waals surface area contributed by atoms with E-state index >= 15 is 0 Å². The minimum atomic E-state index is -0.798. The third kappa shape index (κ3) is 7.46. The molecule has 1 aliphatic rings. The van der Waals surface area contributed by atoms with E-state index in [1.807, 2.05) is 36.4 Å². The van der Waals surface area contributed by atoms with Gasteiger partial charge in [-0.25, -0.2) is 9.59 Å². The molecule has 2 atom stereocenters. The van der Waals surface area contributed by atoms with Crippen molar-refractivity contribution in [2.75, 3.05) is 0 Å². The van der Waals surface area contributed by atoms with Crippen LogP contribution in [0.1, 0.15) is 31.7 Å². The van der Waals surface area contributed by atoms with Crippen molar-refractivity contribution in [1.29, 1.82) is 0 Å². The highest BCUT2D eigenvalue weighted by Crippen LogP contribution is 2.21. The summed E-state index contributed by atoms with van der Waals surface area (Å²) in [6, 6.07) is 8.57. The minimum absolute atomic E-state index is 0.117. The van der Waals surface area contributed by atoms with Gasteiger partial charge in [-0.05, 0) is 30.4 Å². The monoisotopic (exact) mass is 383 g/mol. The summed E-state index contributed by atoms with van der Waals surface area (Å²) in [6.07, 6.45) is 5.20. The van der Waals surface area contributed by atoms with Gasteiger partial charge in [-0.15, -0.1) is 0 Å². The Balaban J connectivity index is 1.76. The second-order valence-corrected chi connectivity index (χ2v) is 6.24. The first-order valence-electron chi connectivity index (χ1n) is 8.87. The zero-order valence-electron chi connectivity index (χ0n) is 15.5. The number of rotatable bonds is 6. The predicted octanol–water partition coefficient (Wildman–Crippen LogP) is 2.98. The van der Waals surface area contributed by atoms with Gasteiger partial charge in [0.1, 0.15) is 6.61 Å². The van der Waals surface area contributed by atoms with Gasteiger partial charge in [0.2, 0.25) is 6.04 Å². The highest BCUT2D eigenvalue weighted by molar-refractivity contribution is 5.88. The second-order valence-electron chi connectivity index (χ2n) is 6.24. The summed E-state index contributed by atoms with van der Waals surface area (Å²) in [5.74, 6) is 3.44. The van der Waals surface area contributed by atoms with Crippen molar-refractivity contribution in [3.63, 3.8) is 0 Å². The lowest BCUT2D eigenvalue weighted by Gasteiger charge is -2.14. The summed E-state index contributed by atoms with van der Waals surface area (Å²) < 4.78 is 10.1. The maximum Gasteiger partial charge on any atom is 0.384 e. The van der Waals surface area contributed by atoms with Gasteiger partial charge >= 0.3 is 11.9 Å². The number of benzene rings is 1. The van der Waals surface area contributed by atoms with E-state index < -0.39 is 24.1 Å². The van der Waals surface area contributed by atoms with Crippen molar-refractivity contribution in [2.45, 2.75) is 44.9 Å². The quantitative estimate of drug-likeness (QED) is 0.187. The van der Waals surface area contributed by atoms with Gasteiger partial charge in [-0.2, -0.15) is 0 Å². The van der Waals surface area contributed by atoms with E-state index in [4.69, 9.17) is 9.47 Å². The van der Waals surface area contributed by atoms with Crippen molar-refractivity contribution in [3.05, 3.63) is 69.8 Å². The van der Waals surface area contributed by atoms with E-state index in [-0.39, 0.29) is 11.5 Å². The molecule has 0 aliphatic heterocycles. The standard InChI is InChI=1S/C21H21NO6/c1-16(10-12-20(23)27-15-18-6-3-2-4-7-18)28-21(24)13-11-17-8-5-9-19(14-17)22(25)26/h2-4,6-8,11,13,16,19H,5,9,14-15H2,1H3/b13-11+/t16-,19?/m1/s1. The van der Waals surface area contributed by atoms with Gasteiger partial charge < -0.3 is 9.47 Å². The highest BCUT2D eigenvalue weighted by Gasteiger charge is 2.23. The van der Waals surface area contributed by atoms with Crippen LogP contribution in [-0.4, -0.2) is 29.0 Å². The molecule has 0 saturated heterocycles. The maximum absolute atomic E-state index is 11.8. The molecule has 0 N–H and O–H groups in total. The first-order valence-corrected chi connectivity index (χ1v) is 8.87. The average Bonchev–Trinajstić information content (AvgIpc) is 2.70. The summed E-state index contributed by atoms with van der Waals surface area (Å²) in [5.41, 5.74) is 1.58. The van der Waals surface area contributed by atoms with Gasteiger partial charge in [-0.1, -0.05) is 42.5 Å². The van der Waals surface area contributed by atoms with Gasteiger partial charge in [0.25, 0.3) is 0 Å². The lowest BCUT2D eigenvalue weighted by atomic mass is 9.95. The van der Waals surface area contributed by atoms with Crippen LogP contribution in [0.25, 0.3) is 0 Å². The summed E-state index contributed by atoms with van der Waals surface area (Å²) in [6.45, 7) is 1.65. The molecule has 2 rings (SSSR count). The molecule has 0 bridgehead atoms. The Bertz CT molecular complexity index is 831. The molecule has 0 amide bonds. The first-order chi connectivity index (χ1) is 13.4. The van der Waals surface area contributed by atoms with E-state index in [2.05, 4.69) is 11.8 Å². The number of nitro groups is 1. The average molecular weight is 383 g/mol. The summed E-state index contributed by atoms with van der Waals surface area (Å²) in [5, 5.41) is 10.8. The molecular weight excluding hydrogens is 362 g/mol. The fourth-order valence-electron chi connectivity index (χ4n) is 2.57. The van der Waals surface area contributed by atoms with E-state index in [1.165, 1.54) is 19.1 Å². The van der Waals surface area contributed by atoms with Crippen LogP contribution in [0.3, 0.4) is 0 Å². The second kappa shape index (κ2) is 10.7. The molecule has 0 aromatic heterocycles. The fraction of sp³-hybridized carbons (Fsp3) is 0.333. The van der Waals surface area contributed by atoms with Crippen LogP contribution >= 0.6 is 0 Å². The van der Waals surface area contributed by atoms with Crippen LogP contribution < -0.4 is 0 Å². The molecule has 0 saturated carbocycles. The topological polar surface area (TPSA) is 95.7 Å². The van der Waals surface area contributed by atoms with E-state index in [9.17, 15) is 19.7 Å². The molecule has 28 heavy (non-hydrogen) atoms. The number of esters is 2. The van der Waals surface area contributed by atoms with Crippen molar-refractivity contribution in [1.82, 2.24) is 0 Å². The minimum Gasteiger partial charge on any atom is -0.451 e. The lowest BCUT2D eigenvalue weighted by Crippen LogP contribution is -2.22. The van der Waals surface area contributed by atoms with Gasteiger partial charge in [-0.3, -0.25) is 10.1 Å². The Morgan fingerprint density at radius 2 is 2.11 bits per heavy atom. The lowest BCUT2D eigenvalue weighted by molar-refractivity contribution is -0.523. The SMILES string of the molecule is C[C@H](C#CC(=O)OCc1ccccc1)OC(=O)/C=C/C1=CCCC([N+](=O)[O-])C1. The zero-order valence-corrected chi connectivity index (χ0v) is 15.5. The van der Waals surface area contributed by atoms with Crippen LogP contribution in [-0.2, 0) is 25.7 Å². The number of hydrogen-bond donors (Lipinski definition) is 0. The van der Waals surface area contributed by atoms with E-state index in [1.54, 1.807) is 0 Å². The molecule has 1 aromatic carbocycles. The van der Waals surface area contributed by atoms with Crippen molar-refractivity contribution < 1.29 is 24.0 Å². The number of carbonyl (C=O) groups excluding carboxylic acids is 2. The summed E-state index contributed by atoms with van der Waals surface area (Å²) in [7, 11) is 0. The molecular formula is C21H21NO6. The molecule has 0 radical (unpaired) electrons. The van der Waals surface area contributed by atoms with Gasteiger partial charge in [0.15, 0.2) is 6.10 Å². The maximum atomic E-state index is 11.8. The molecule has 1 aromatic rings. The highest BCUT2D eigenvalue weighted by atomic mass is 16.6. The molecule has 0 heterocycles. The van der Waals surface area contributed by atoms with E-state index in [0.29, 0.717) is 19.3 Å². The zero-order chi connectivity index (χ0) is 20.4. The molecule has 7 nitrogen and oxygen atoms in total. The van der Waals surface area contributed by atoms with Crippen LogP contribution in [0.2, 0.25) is 0 Å². The largest absolute Gasteiger partial charge is 0.451 e. The summed E-state index contributed by atoms with van der Waals surface area (Å²) in [4.78, 5) is 34.0. The molecule has 7 heteroatoms. The predicted molar refractivity (Wildman–Crippen MR) is 101 cm³/mol.